The van der Waals surface area contributed by atoms with E-state index >= 15 is 0 Å². The summed E-state index contributed by atoms with van der Waals surface area (Å²) in [7, 11) is 0. The van der Waals surface area contributed by atoms with Gasteiger partial charge >= 0.3 is 5.97 Å². The number of hydrogen-bond donors (Lipinski definition) is 1. The Kier molecular flexibility index (Phi) is 7.05. The molecule has 0 aromatic rings. The molecule has 1 atom stereocenters. The van der Waals surface area contributed by atoms with Crippen LogP contribution in [0.4, 0.5) is 0 Å². The Balaban J connectivity index is 0. The molecule has 0 aliphatic carbocycles. The summed E-state index contributed by atoms with van der Waals surface area (Å²) >= 11 is 0. The minimum atomic E-state index is -0.710. The standard InChI is InChI=1S/C9H18O2.Nd/c1-6(2)7(3)9(4,5)8(10)11;/h6-7H,1-5H3,(H,10,11);. The Bertz CT molecular complexity index is 153. The molecule has 0 radical (unpaired) electrons. The summed E-state index contributed by atoms with van der Waals surface area (Å²) in [6, 6.07) is 0. The molecule has 0 aliphatic rings. The number of aliphatic carboxylic acids is 1. The summed E-state index contributed by atoms with van der Waals surface area (Å²) in [5.74, 6) is -0.0835. The number of hydrogen-bond acceptors (Lipinski definition) is 1. The van der Waals surface area contributed by atoms with Gasteiger partial charge in [-0.15, -0.1) is 0 Å². The third-order valence-corrected chi connectivity index (χ3v) is 2.69. The third-order valence-electron chi connectivity index (χ3n) is 2.69. The molecular formula is C9H18NdO2. The summed E-state index contributed by atoms with van der Waals surface area (Å²) in [5.41, 5.74) is -0.603. The summed E-state index contributed by atoms with van der Waals surface area (Å²) in [5, 5.41) is 8.86. The Hall–Kier alpha value is 0.821. The van der Waals surface area contributed by atoms with E-state index in [9.17, 15) is 4.79 Å². The molecule has 0 rings (SSSR count). The maximum absolute atomic E-state index is 10.8. The largest absolute Gasteiger partial charge is 0.481 e. The zero-order valence-corrected chi connectivity index (χ0v) is 11.7. The van der Waals surface area contributed by atoms with Crippen LogP contribution in [0.2, 0.25) is 0 Å². The molecule has 0 aliphatic heterocycles. The first kappa shape index (κ1) is 15.3. The van der Waals surface area contributed by atoms with E-state index in [-0.39, 0.29) is 46.8 Å². The van der Waals surface area contributed by atoms with Gasteiger partial charge in [-0.1, -0.05) is 20.8 Å². The molecule has 3 heteroatoms. The summed E-state index contributed by atoms with van der Waals surface area (Å²) in [6.45, 7) is 9.64. The maximum Gasteiger partial charge on any atom is 0.309 e. The molecule has 0 aromatic carbocycles. The van der Waals surface area contributed by atoms with Crippen LogP contribution in [0.3, 0.4) is 0 Å². The number of carbonyl (C=O) groups is 1. The van der Waals surface area contributed by atoms with Crippen LogP contribution in [0, 0.1) is 58.1 Å². The van der Waals surface area contributed by atoms with Gasteiger partial charge < -0.3 is 5.11 Å². The molecule has 70 valence electrons. The summed E-state index contributed by atoms with van der Waals surface area (Å²) in [4.78, 5) is 10.8. The third kappa shape index (κ3) is 3.69. The second-order valence-corrected chi connectivity index (χ2v) is 4.06. The van der Waals surface area contributed by atoms with Crippen molar-refractivity contribution in [3.63, 3.8) is 0 Å². The van der Waals surface area contributed by atoms with E-state index in [0.717, 1.165) is 0 Å². The van der Waals surface area contributed by atoms with E-state index < -0.39 is 11.4 Å². The van der Waals surface area contributed by atoms with E-state index in [2.05, 4.69) is 13.8 Å². The Morgan fingerprint density at radius 1 is 1.25 bits per heavy atom. The maximum atomic E-state index is 10.8. The molecule has 0 saturated carbocycles. The molecule has 1 unspecified atom stereocenters. The van der Waals surface area contributed by atoms with Crippen LogP contribution in [-0.4, -0.2) is 11.1 Å². The van der Waals surface area contributed by atoms with Gasteiger partial charge in [0.15, 0.2) is 0 Å². The minimum absolute atomic E-state index is 0. The van der Waals surface area contributed by atoms with Gasteiger partial charge in [0.05, 0.1) is 5.41 Å². The summed E-state index contributed by atoms with van der Waals surface area (Å²) < 4.78 is 0. The van der Waals surface area contributed by atoms with Crippen molar-refractivity contribution in [2.75, 3.05) is 0 Å². The second-order valence-electron chi connectivity index (χ2n) is 4.06. The van der Waals surface area contributed by atoms with E-state index in [1.54, 1.807) is 13.8 Å². The van der Waals surface area contributed by atoms with Gasteiger partial charge in [0.1, 0.15) is 0 Å². The van der Waals surface area contributed by atoms with Gasteiger partial charge in [0.2, 0.25) is 0 Å². The van der Waals surface area contributed by atoms with Gasteiger partial charge in [-0.25, -0.2) is 0 Å². The van der Waals surface area contributed by atoms with Crippen LogP contribution >= 0.6 is 0 Å². The average Bonchev–Trinajstić information content (AvgIpc) is 1.85. The Morgan fingerprint density at radius 3 is 1.67 bits per heavy atom. The van der Waals surface area contributed by atoms with E-state index in [1.807, 2.05) is 6.92 Å². The van der Waals surface area contributed by atoms with Crippen LogP contribution in [-0.2, 0) is 4.79 Å². The van der Waals surface area contributed by atoms with Crippen molar-refractivity contribution >= 4 is 5.97 Å². The Labute approximate surface area is 108 Å². The van der Waals surface area contributed by atoms with Crippen molar-refractivity contribution in [1.82, 2.24) is 0 Å². The fourth-order valence-corrected chi connectivity index (χ4v) is 1.03. The van der Waals surface area contributed by atoms with E-state index in [4.69, 9.17) is 5.11 Å². The quantitative estimate of drug-likeness (QED) is 0.869. The van der Waals surface area contributed by atoms with E-state index in [1.165, 1.54) is 0 Å². The van der Waals surface area contributed by atoms with Gasteiger partial charge in [0, 0.05) is 40.8 Å². The molecule has 0 fully saturated rings. The van der Waals surface area contributed by atoms with E-state index in [0.29, 0.717) is 5.92 Å². The molecule has 12 heavy (non-hydrogen) atoms. The molecular weight excluding hydrogens is 284 g/mol. The topological polar surface area (TPSA) is 37.3 Å². The normalized spacial score (nSPS) is 13.8. The zero-order valence-electron chi connectivity index (χ0n) is 8.51. The molecule has 0 saturated heterocycles. The van der Waals surface area contributed by atoms with Gasteiger partial charge in [-0.05, 0) is 25.7 Å². The number of carboxylic acids is 1. The number of rotatable bonds is 3. The van der Waals surface area contributed by atoms with Crippen LogP contribution in [0.1, 0.15) is 34.6 Å². The van der Waals surface area contributed by atoms with Crippen LogP contribution in [0.5, 0.6) is 0 Å². The average molecular weight is 302 g/mol. The minimum Gasteiger partial charge on any atom is -0.481 e. The Morgan fingerprint density at radius 2 is 1.58 bits per heavy atom. The molecule has 0 heterocycles. The first-order valence-corrected chi connectivity index (χ1v) is 4.03. The van der Waals surface area contributed by atoms with Crippen LogP contribution < -0.4 is 0 Å². The summed E-state index contributed by atoms with van der Waals surface area (Å²) in [6.07, 6.45) is 0. The molecule has 0 aromatic heterocycles. The molecule has 0 bridgehead atoms. The fourth-order valence-electron chi connectivity index (χ4n) is 1.03. The van der Waals surface area contributed by atoms with Gasteiger partial charge in [0.25, 0.3) is 0 Å². The molecule has 0 spiro atoms. The van der Waals surface area contributed by atoms with Gasteiger partial charge in [-0.3, -0.25) is 4.79 Å². The molecule has 1 N–H and O–H groups in total. The van der Waals surface area contributed by atoms with Crippen LogP contribution in [0.25, 0.3) is 0 Å². The van der Waals surface area contributed by atoms with Crippen molar-refractivity contribution < 1.29 is 50.7 Å². The van der Waals surface area contributed by atoms with Crippen molar-refractivity contribution in [2.24, 2.45) is 17.3 Å². The zero-order chi connectivity index (χ0) is 9.23. The van der Waals surface area contributed by atoms with Crippen molar-refractivity contribution in [1.29, 1.82) is 0 Å². The number of carboxylic acid groups (broad SMARTS) is 1. The fraction of sp³-hybridized carbons (Fsp3) is 0.889. The van der Waals surface area contributed by atoms with Crippen molar-refractivity contribution in [3.05, 3.63) is 0 Å². The predicted molar refractivity (Wildman–Crippen MR) is 45.4 cm³/mol. The first-order chi connectivity index (χ1) is 4.80. The van der Waals surface area contributed by atoms with Crippen molar-refractivity contribution in [3.8, 4) is 0 Å². The smallest absolute Gasteiger partial charge is 0.309 e. The van der Waals surface area contributed by atoms with Gasteiger partial charge in [-0.2, -0.15) is 0 Å². The van der Waals surface area contributed by atoms with Crippen LogP contribution in [0.15, 0.2) is 0 Å². The monoisotopic (exact) mass is 300 g/mol. The molecule has 0 amide bonds. The molecule has 2 nitrogen and oxygen atoms in total. The second kappa shape index (κ2) is 5.53. The predicted octanol–water partition coefficient (Wildman–Crippen LogP) is 2.39. The SMILES string of the molecule is CC(C)C(C)C(C)(C)C(=O)O.[Nd]. The first-order valence-electron chi connectivity index (χ1n) is 4.03. The van der Waals surface area contributed by atoms with Crippen molar-refractivity contribution in [2.45, 2.75) is 34.6 Å².